The number of aldehydes is 1. The first-order chi connectivity index (χ1) is 6.29. The Balaban J connectivity index is 2.18. The zero-order valence-electron chi connectivity index (χ0n) is 6.87. The van der Waals surface area contributed by atoms with Crippen LogP contribution in [0.3, 0.4) is 0 Å². The van der Waals surface area contributed by atoms with Crippen LogP contribution in [-0.4, -0.2) is 17.4 Å². The number of nitrogens with zero attached hydrogens (tertiary/aromatic N) is 1. The summed E-state index contributed by atoms with van der Waals surface area (Å²) in [5.41, 5.74) is 0.406. The lowest BCUT2D eigenvalue weighted by Gasteiger charge is -2.04. The predicted octanol–water partition coefficient (Wildman–Crippen LogP) is 2.20. The van der Waals surface area contributed by atoms with Crippen molar-refractivity contribution in [1.82, 2.24) is 4.98 Å². The second-order valence-electron chi connectivity index (χ2n) is 2.97. The Hall–Kier alpha value is -0.900. The maximum Gasteiger partial charge on any atom is 0.169 e. The summed E-state index contributed by atoms with van der Waals surface area (Å²) in [6.45, 7) is 0. The van der Waals surface area contributed by atoms with Gasteiger partial charge in [0.15, 0.2) is 6.29 Å². The molecule has 0 spiro atoms. The summed E-state index contributed by atoms with van der Waals surface area (Å²) in [6.07, 6.45) is 4.88. The molecule has 0 atom stereocenters. The van der Waals surface area contributed by atoms with Crippen molar-refractivity contribution in [2.24, 2.45) is 0 Å². The molecule has 0 amide bonds. The molecular weight excluding hydrogens is 234 g/mol. The fourth-order valence-corrected chi connectivity index (χ4v) is 1.38. The van der Waals surface area contributed by atoms with E-state index in [1.165, 1.54) is 0 Å². The molecule has 0 aliphatic heterocycles. The second kappa shape index (κ2) is 3.46. The standard InChI is InChI=1S/C9H8BrNO2/c10-8-3-7(13-6-1-2-6)4-11-9(8)5-12/h3-6H,1-2H2. The highest BCUT2D eigenvalue weighted by Gasteiger charge is 2.23. The monoisotopic (exact) mass is 241 g/mol. The number of ether oxygens (including phenoxy) is 1. The summed E-state index contributed by atoms with van der Waals surface area (Å²) in [7, 11) is 0. The highest BCUT2D eigenvalue weighted by molar-refractivity contribution is 9.10. The van der Waals surface area contributed by atoms with E-state index in [0.29, 0.717) is 22.6 Å². The molecule has 68 valence electrons. The maximum atomic E-state index is 10.4. The van der Waals surface area contributed by atoms with Crippen LogP contribution in [0.25, 0.3) is 0 Å². The molecular formula is C9H8BrNO2. The smallest absolute Gasteiger partial charge is 0.169 e. The summed E-state index contributed by atoms with van der Waals surface area (Å²) in [6, 6.07) is 1.77. The molecule has 0 saturated heterocycles. The molecule has 0 unspecified atom stereocenters. The van der Waals surface area contributed by atoms with E-state index in [4.69, 9.17) is 4.74 Å². The normalized spacial score (nSPS) is 15.5. The van der Waals surface area contributed by atoms with Crippen molar-refractivity contribution < 1.29 is 9.53 Å². The number of carbonyl (C=O) groups is 1. The Morgan fingerprint density at radius 2 is 2.38 bits per heavy atom. The van der Waals surface area contributed by atoms with Crippen LogP contribution in [0.5, 0.6) is 5.75 Å². The van der Waals surface area contributed by atoms with Gasteiger partial charge in [-0.1, -0.05) is 0 Å². The van der Waals surface area contributed by atoms with Gasteiger partial charge in [-0.15, -0.1) is 0 Å². The van der Waals surface area contributed by atoms with E-state index in [-0.39, 0.29) is 0 Å². The van der Waals surface area contributed by atoms with E-state index in [1.54, 1.807) is 12.3 Å². The van der Waals surface area contributed by atoms with Crippen molar-refractivity contribution in [2.45, 2.75) is 18.9 Å². The molecule has 0 radical (unpaired) electrons. The average Bonchev–Trinajstić information content (AvgIpc) is 2.89. The first-order valence-electron chi connectivity index (χ1n) is 4.07. The van der Waals surface area contributed by atoms with Crippen LogP contribution in [0.4, 0.5) is 0 Å². The summed E-state index contributed by atoms with van der Waals surface area (Å²) in [5, 5.41) is 0. The third-order valence-electron chi connectivity index (χ3n) is 1.78. The van der Waals surface area contributed by atoms with Gasteiger partial charge in [0, 0.05) is 0 Å². The van der Waals surface area contributed by atoms with Crippen LogP contribution >= 0.6 is 15.9 Å². The quantitative estimate of drug-likeness (QED) is 0.762. The van der Waals surface area contributed by atoms with Crippen molar-refractivity contribution in [3.8, 4) is 5.75 Å². The summed E-state index contributed by atoms with van der Waals surface area (Å²) < 4.78 is 6.18. The van der Waals surface area contributed by atoms with E-state index in [1.807, 2.05) is 0 Å². The van der Waals surface area contributed by atoms with E-state index in [9.17, 15) is 4.79 Å². The third kappa shape index (κ3) is 2.06. The predicted molar refractivity (Wildman–Crippen MR) is 51.0 cm³/mol. The lowest BCUT2D eigenvalue weighted by Crippen LogP contribution is -1.97. The molecule has 1 aromatic rings. The zero-order valence-corrected chi connectivity index (χ0v) is 8.45. The fraction of sp³-hybridized carbons (Fsp3) is 0.333. The van der Waals surface area contributed by atoms with Crippen LogP contribution in [0.1, 0.15) is 23.3 Å². The van der Waals surface area contributed by atoms with Gasteiger partial charge in [0.25, 0.3) is 0 Å². The molecule has 0 bridgehead atoms. The molecule has 1 saturated carbocycles. The molecule has 2 rings (SSSR count). The highest BCUT2D eigenvalue weighted by Crippen LogP contribution is 2.28. The third-order valence-corrected chi connectivity index (χ3v) is 2.42. The van der Waals surface area contributed by atoms with Crippen LogP contribution in [0.15, 0.2) is 16.7 Å². The van der Waals surface area contributed by atoms with Gasteiger partial charge >= 0.3 is 0 Å². The first kappa shape index (κ1) is 8.69. The Bertz CT molecular complexity index is 336. The number of hydrogen-bond acceptors (Lipinski definition) is 3. The van der Waals surface area contributed by atoms with E-state index in [0.717, 1.165) is 18.6 Å². The van der Waals surface area contributed by atoms with E-state index < -0.39 is 0 Å². The van der Waals surface area contributed by atoms with Crippen molar-refractivity contribution in [3.63, 3.8) is 0 Å². The number of carbonyl (C=O) groups excluding carboxylic acids is 1. The van der Waals surface area contributed by atoms with Gasteiger partial charge in [0.2, 0.25) is 0 Å². The van der Waals surface area contributed by atoms with Gasteiger partial charge in [-0.2, -0.15) is 0 Å². The minimum atomic E-state index is 0.357. The van der Waals surface area contributed by atoms with Crippen LogP contribution in [-0.2, 0) is 0 Å². The molecule has 13 heavy (non-hydrogen) atoms. The summed E-state index contributed by atoms with van der Waals surface area (Å²) >= 11 is 3.24. The lowest BCUT2D eigenvalue weighted by atomic mass is 10.4. The largest absolute Gasteiger partial charge is 0.489 e. The Labute approximate surface area is 84.2 Å². The maximum absolute atomic E-state index is 10.4. The molecule has 4 heteroatoms. The van der Waals surface area contributed by atoms with Crippen LogP contribution in [0, 0.1) is 0 Å². The molecule has 1 fully saturated rings. The van der Waals surface area contributed by atoms with Gasteiger partial charge in [0.05, 0.1) is 16.8 Å². The van der Waals surface area contributed by atoms with Crippen molar-refractivity contribution >= 4 is 22.2 Å². The molecule has 1 aliphatic carbocycles. The number of aromatic nitrogens is 1. The van der Waals surface area contributed by atoms with Gasteiger partial charge < -0.3 is 4.74 Å². The summed E-state index contributed by atoms with van der Waals surface area (Å²) in [4.78, 5) is 14.4. The van der Waals surface area contributed by atoms with Gasteiger partial charge in [-0.3, -0.25) is 4.79 Å². The van der Waals surface area contributed by atoms with E-state index >= 15 is 0 Å². The molecule has 1 heterocycles. The summed E-state index contributed by atoms with van der Waals surface area (Å²) in [5.74, 6) is 0.722. The molecule has 3 nitrogen and oxygen atoms in total. The van der Waals surface area contributed by atoms with Gasteiger partial charge in [0.1, 0.15) is 11.4 Å². The van der Waals surface area contributed by atoms with Crippen LogP contribution < -0.4 is 4.74 Å². The van der Waals surface area contributed by atoms with Crippen LogP contribution in [0.2, 0.25) is 0 Å². The number of halogens is 1. The minimum absolute atomic E-state index is 0.357. The number of rotatable bonds is 3. The Kier molecular flexibility index (Phi) is 2.31. The number of hydrogen-bond donors (Lipinski definition) is 0. The lowest BCUT2D eigenvalue weighted by molar-refractivity contribution is 0.111. The molecule has 1 aliphatic rings. The first-order valence-corrected chi connectivity index (χ1v) is 4.86. The fourth-order valence-electron chi connectivity index (χ4n) is 0.960. The second-order valence-corrected chi connectivity index (χ2v) is 3.83. The minimum Gasteiger partial charge on any atom is -0.489 e. The van der Waals surface area contributed by atoms with Gasteiger partial charge in [-0.05, 0) is 34.8 Å². The average molecular weight is 242 g/mol. The SMILES string of the molecule is O=Cc1ncc(OC2CC2)cc1Br. The molecule has 0 aromatic carbocycles. The van der Waals surface area contributed by atoms with Crippen molar-refractivity contribution in [2.75, 3.05) is 0 Å². The van der Waals surface area contributed by atoms with Gasteiger partial charge in [-0.25, -0.2) is 4.98 Å². The molecule has 1 aromatic heterocycles. The highest BCUT2D eigenvalue weighted by atomic mass is 79.9. The topological polar surface area (TPSA) is 39.2 Å². The van der Waals surface area contributed by atoms with E-state index in [2.05, 4.69) is 20.9 Å². The molecule has 0 N–H and O–H groups in total. The Morgan fingerprint density at radius 1 is 1.62 bits per heavy atom. The Morgan fingerprint density at radius 3 is 2.92 bits per heavy atom. The zero-order chi connectivity index (χ0) is 9.26. The van der Waals surface area contributed by atoms with Crippen molar-refractivity contribution in [3.05, 3.63) is 22.4 Å². The van der Waals surface area contributed by atoms with Crippen molar-refractivity contribution in [1.29, 1.82) is 0 Å². The number of pyridine rings is 1.